The maximum absolute atomic E-state index is 12.6. The zero-order valence-corrected chi connectivity index (χ0v) is 14.5. The monoisotopic (exact) mass is 363 g/mol. The van der Waals surface area contributed by atoms with Gasteiger partial charge >= 0.3 is 0 Å². The minimum Gasteiger partial charge on any atom is -0.323 e. The summed E-state index contributed by atoms with van der Waals surface area (Å²) >= 11 is 0. The highest BCUT2D eigenvalue weighted by atomic mass is 16.2. The highest BCUT2D eigenvalue weighted by molar-refractivity contribution is 6.21. The van der Waals surface area contributed by atoms with Crippen molar-refractivity contribution in [3.05, 3.63) is 59.7 Å². The normalized spacial score (nSPS) is 15.5. The summed E-state index contributed by atoms with van der Waals surface area (Å²) < 4.78 is 0. The van der Waals surface area contributed by atoms with Crippen LogP contribution in [0.5, 0.6) is 0 Å². The summed E-state index contributed by atoms with van der Waals surface area (Å²) in [5.41, 5.74) is 2.05. The van der Waals surface area contributed by atoms with E-state index in [1.54, 1.807) is 48.5 Å². The van der Waals surface area contributed by atoms with Gasteiger partial charge in [0.05, 0.1) is 22.5 Å². The molecule has 4 amide bonds. The fourth-order valence-electron chi connectivity index (χ4n) is 3.42. The summed E-state index contributed by atoms with van der Waals surface area (Å²) in [6, 6.07) is 13.8. The van der Waals surface area contributed by atoms with E-state index in [0.717, 1.165) is 0 Å². The molecule has 7 nitrogen and oxygen atoms in total. The molecule has 2 aromatic carbocycles. The summed E-state index contributed by atoms with van der Waals surface area (Å²) in [7, 11) is 0. The number of para-hydroxylation sites is 2. The van der Waals surface area contributed by atoms with E-state index < -0.39 is 0 Å². The Kier molecular flexibility index (Phi) is 4.19. The Balaban J connectivity index is 1.41. The van der Waals surface area contributed by atoms with E-state index >= 15 is 0 Å². The molecule has 0 saturated carbocycles. The number of hydrogen-bond donors (Lipinski definition) is 1. The Hall–Kier alpha value is -3.48. The molecule has 1 N–H and O–H groups in total. The number of anilines is 2. The molecule has 0 spiro atoms. The van der Waals surface area contributed by atoms with Crippen molar-refractivity contribution in [3.8, 4) is 0 Å². The van der Waals surface area contributed by atoms with Gasteiger partial charge in [0.2, 0.25) is 11.8 Å². The quantitative estimate of drug-likeness (QED) is 0.843. The van der Waals surface area contributed by atoms with Crippen molar-refractivity contribution in [2.75, 3.05) is 23.3 Å². The molecule has 0 bridgehead atoms. The Morgan fingerprint density at radius 2 is 1.56 bits per heavy atom. The average molecular weight is 363 g/mol. The van der Waals surface area contributed by atoms with Crippen molar-refractivity contribution in [1.82, 2.24) is 4.90 Å². The molecule has 2 aromatic rings. The minimum atomic E-state index is -0.328. The van der Waals surface area contributed by atoms with Gasteiger partial charge in [0.25, 0.3) is 11.8 Å². The molecule has 0 saturated heterocycles. The van der Waals surface area contributed by atoms with Gasteiger partial charge in [0.15, 0.2) is 0 Å². The lowest BCUT2D eigenvalue weighted by Gasteiger charge is -2.29. The van der Waals surface area contributed by atoms with Crippen LogP contribution in [0.25, 0.3) is 0 Å². The number of nitrogens with zero attached hydrogens (tertiary/aromatic N) is 2. The number of nitrogens with one attached hydrogen (secondary N) is 1. The van der Waals surface area contributed by atoms with Crippen LogP contribution < -0.4 is 10.2 Å². The van der Waals surface area contributed by atoms with Gasteiger partial charge in [-0.25, -0.2) is 0 Å². The van der Waals surface area contributed by atoms with E-state index in [9.17, 15) is 19.2 Å². The molecule has 0 aromatic heterocycles. The Bertz CT molecular complexity index is 934. The molecule has 0 aliphatic carbocycles. The topological polar surface area (TPSA) is 86.8 Å². The SMILES string of the molecule is O=C1CN(C(=O)CCCN2C(=O)c3ccccc3C2=O)c2ccccc2N1. The van der Waals surface area contributed by atoms with Crippen LogP contribution in [0.15, 0.2) is 48.5 Å². The van der Waals surface area contributed by atoms with Crippen LogP contribution in [0.3, 0.4) is 0 Å². The van der Waals surface area contributed by atoms with E-state index in [1.165, 1.54) is 9.80 Å². The number of imide groups is 1. The smallest absolute Gasteiger partial charge is 0.261 e. The second-order valence-electron chi connectivity index (χ2n) is 6.46. The Labute approximate surface area is 155 Å². The molecule has 7 heteroatoms. The number of rotatable bonds is 4. The Morgan fingerprint density at radius 3 is 2.26 bits per heavy atom. The third-order valence-corrected chi connectivity index (χ3v) is 4.72. The van der Waals surface area contributed by atoms with Gasteiger partial charge in [-0.05, 0) is 30.7 Å². The van der Waals surface area contributed by atoms with Gasteiger partial charge in [0, 0.05) is 13.0 Å². The van der Waals surface area contributed by atoms with Crippen molar-refractivity contribution in [2.45, 2.75) is 12.8 Å². The van der Waals surface area contributed by atoms with Crippen LogP contribution in [-0.4, -0.2) is 41.6 Å². The fraction of sp³-hybridized carbons (Fsp3) is 0.200. The molecule has 136 valence electrons. The predicted molar refractivity (Wildman–Crippen MR) is 98.5 cm³/mol. The standard InChI is InChI=1S/C20H17N3O4/c24-17-12-23(16-9-4-3-8-15(16)21-17)18(25)10-5-11-22-19(26)13-6-1-2-7-14(13)20(22)27/h1-4,6-9H,5,10-12H2,(H,21,24). The maximum Gasteiger partial charge on any atom is 0.261 e. The number of carbonyl (C=O) groups excluding carboxylic acids is 4. The van der Waals surface area contributed by atoms with Crippen LogP contribution in [0, 0.1) is 0 Å². The zero-order valence-electron chi connectivity index (χ0n) is 14.5. The third kappa shape index (κ3) is 2.97. The third-order valence-electron chi connectivity index (χ3n) is 4.72. The van der Waals surface area contributed by atoms with Gasteiger partial charge < -0.3 is 10.2 Å². The van der Waals surface area contributed by atoms with E-state index in [0.29, 0.717) is 28.9 Å². The molecule has 0 radical (unpaired) electrons. The molecule has 4 rings (SSSR count). The van der Waals surface area contributed by atoms with Crippen molar-refractivity contribution >= 4 is 35.0 Å². The van der Waals surface area contributed by atoms with E-state index in [2.05, 4.69) is 5.32 Å². The molecule has 27 heavy (non-hydrogen) atoms. The maximum atomic E-state index is 12.6. The predicted octanol–water partition coefficient (Wildman–Crippen LogP) is 2.05. The van der Waals surface area contributed by atoms with Crippen molar-refractivity contribution in [1.29, 1.82) is 0 Å². The molecule has 2 heterocycles. The lowest BCUT2D eigenvalue weighted by atomic mass is 10.1. The first-order valence-corrected chi connectivity index (χ1v) is 8.71. The van der Waals surface area contributed by atoms with Crippen molar-refractivity contribution < 1.29 is 19.2 Å². The first-order chi connectivity index (χ1) is 13.1. The van der Waals surface area contributed by atoms with E-state index in [4.69, 9.17) is 0 Å². The van der Waals surface area contributed by atoms with Gasteiger partial charge in [-0.15, -0.1) is 0 Å². The number of hydrogen-bond acceptors (Lipinski definition) is 4. The lowest BCUT2D eigenvalue weighted by molar-refractivity contribution is -0.122. The summed E-state index contributed by atoms with van der Waals surface area (Å²) in [5.74, 6) is -1.12. The summed E-state index contributed by atoms with van der Waals surface area (Å²) in [6.45, 7) is 0.128. The highest BCUT2D eigenvalue weighted by Crippen LogP contribution is 2.29. The molecule has 0 fully saturated rings. The second kappa shape index (κ2) is 6.68. The van der Waals surface area contributed by atoms with Gasteiger partial charge in [-0.3, -0.25) is 24.1 Å². The van der Waals surface area contributed by atoms with Crippen LogP contribution in [-0.2, 0) is 9.59 Å². The van der Waals surface area contributed by atoms with Gasteiger partial charge in [-0.1, -0.05) is 24.3 Å². The largest absolute Gasteiger partial charge is 0.323 e. The fourth-order valence-corrected chi connectivity index (χ4v) is 3.42. The summed E-state index contributed by atoms with van der Waals surface area (Å²) in [6.07, 6.45) is 0.472. The number of fused-ring (bicyclic) bond motifs is 2. The van der Waals surface area contributed by atoms with Crippen LogP contribution in [0.1, 0.15) is 33.6 Å². The van der Waals surface area contributed by atoms with Gasteiger partial charge in [-0.2, -0.15) is 0 Å². The number of benzene rings is 2. The molecule has 0 unspecified atom stereocenters. The number of amides is 4. The molecular formula is C20H17N3O4. The van der Waals surface area contributed by atoms with E-state index in [-0.39, 0.29) is 43.1 Å². The van der Waals surface area contributed by atoms with Crippen LogP contribution >= 0.6 is 0 Å². The lowest BCUT2D eigenvalue weighted by Crippen LogP contribution is -2.42. The molecular weight excluding hydrogens is 346 g/mol. The summed E-state index contributed by atoms with van der Waals surface area (Å²) in [5, 5.41) is 2.74. The van der Waals surface area contributed by atoms with Crippen molar-refractivity contribution in [3.63, 3.8) is 0 Å². The highest BCUT2D eigenvalue weighted by Gasteiger charge is 2.35. The zero-order chi connectivity index (χ0) is 19.0. The van der Waals surface area contributed by atoms with Crippen LogP contribution in [0.2, 0.25) is 0 Å². The minimum absolute atomic E-state index is 0.0388. The number of carbonyl (C=O) groups is 4. The first kappa shape index (κ1) is 17.0. The summed E-state index contributed by atoms with van der Waals surface area (Å²) in [4.78, 5) is 51.8. The van der Waals surface area contributed by atoms with E-state index in [1.807, 2.05) is 0 Å². The Morgan fingerprint density at radius 1 is 0.926 bits per heavy atom. The van der Waals surface area contributed by atoms with Crippen LogP contribution in [0.4, 0.5) is 11.4 Å². The average Bonchev–Trinajstić information content (AvgIpc) is 2.92. The first-order valence-electron chi connectivity index (χ1n) is 8.71. The second-order valence-corrected chi connectivity index (χ2v) is 6.46. The van der Waals surface area contributed by atoms with Crippen molar-refractivity contribution in [2.24, 2.45) is 0 Å². The molecule has 0 atom stereocenters. The molecule has 2 aliphatic rings. The molecule has 2 aliphatic heterocycles. The van der Waals surface area contributed by atoms with Gasteiger partial charge in [0.1, 0.15) is 6.54 Å².